The first-order valence-electron chi connectivity index (χ1n) is 13.4. The highest BCUT2D eigenvalue weighted by atomic mass is 32.2. The Morgan fingerprint density at radius 2 is 1.50 bits per heavy atom. The molecule has 0 radical (unpaired) electrons. The molecule has 0 aliphatic carbocycles. The molecular weight excluding hydrogens is 508 g/mol. The molecular formula is C27H52N4O6S. The van der Waals surface area contributed by atoms with Crippen LogP contribution in [0.3, 0.4) is 0 Å². The average Bonchev–Trinajstić information content (AvgIpc) is 3.19. The lowest BCUT2D eigenvalue weighted by molar-refractivity contribution is -0.154. The van der Waals surface area contributed by atoms with E-state index in [1.807, 2.05) is 55.4 Å². The van der Waals surface area contributed by atoms with Gasteiger partial charge in [0.1, 0.15) is 12.1 Å². The number of nitrogens with one attached hydrogen (secondary N) is 2. The van der Waals surface area contributed by atoms with Crippen LogP contribution in [0.5, 0.6) is 0 Å². The van der Waals surface area contributed by atoms with E-state index in [0.717, 1.165) is 0 Å². The van der Waals surface area contributed by atoms with Gasteiger partial charge in [-0.3, -0.25) is 4.79 Å². The van der Waals surface area contributed by atoms with Crippen molar-refractivity contribution in [2.24, 2.45) is 22.7 Å². The van der Waals surface area contributed by atoms with Gasteiger partial charge in [-0.15, -0.1) is 0 Å². The summed E-state index contributed by atoms with van der Waals surface area (Å²) in [5.74, 6) is -0.657. The van der Waals surface area contributed by atoms with Crippen LogP contribution in [-0.2, 0) is 24.3 Å². The SMILES string of the molecule is COC(=O)[C@@H]1[C@@H](C(C)C)CCN1C(=O)[C@@H](NC(=O)N[C@H](CN(C)S(=O)(=O)C(C)(C)C)C(C)(C)C)C(C)(C)C. The minimum atomic E-state index is -3.61. The Morgan fingerprint density at radius 1 is 0.974 bits per heavy atom. The lowest BCUT2D eigenvalue weighted by Crippen LogP contribution is -2.61. The summed E-state index contributed by atoms with van der Waals surface area (Å²) < 4.78 is 31.2. The second kappa shape index (κ2) is 12.1. The summed E-state index contributed by atoms with van der Waals surface area (Å²) in [6, 6.07) is -2.74. The van der Waals surface area contributed by atoms with E-state index >= 15 is 0 Å². The number of amides is 3. The van der Waals surface area contributed by atoms with E-state index in [1.165, 1.54) is 23.4 Å². The Kier molecular flexibility index (Phi) is 10.9. The predicted molar refractivity (Wildman–Crippen MR) is 150 cm³/mol. The standard InChI is InChI=1S/C27H52N4O6S/c1-17(2)18-14-15-31(20(18)23(33)37-13)22(32)21(26(6,7)8)29-24(34)28-19(25(3,4)5)16-30(12)38(35,36)27(9,10)11/h17-21H,14-16H2,1-13H3,(H2,28,29,34)/t18-,19-,20+,21-/m1/s1. The van der Waals surface area contributed by atoms with Gasteiger partial charge >= 0.3 is 12.0 Å². The van der Waals surface area contributed by atoms with Gasteiger partial charge < -0.3 is 20.3 Å². The third-order valence-corrected chi connectivity index (χ3v) is 9.91. The number of likely N-dealkylation sites (tertiary alicyclic amines) is 1. The topological polar surface area (TPSA) is 125 Å². The number of carbonyl (C=O) groups excluding carboxylic acids is 3. The normalized spacial score (nSPS) is 20.9. The predicted octanol–water partition coefficient (Wildman–Crippen LogP) is 3.22. The number of ether oxygens (including phenoxy) is 1. The van der Waals surface area contributed by atoms with E-state index < -0.39 is 55.7 Å². The van der Waals surface area contributed by atoms with E-state index in [0.29, 0.717) is 13.0 Å². The highest BCUT2D eigenvalue weighted by Crippen LogP contribution is 2.34. The van der Waals surface area contributed by atoms with Crippen molar-refractivity contribution in [3.05, 3.63) is 0 Å². The summed E-state index contributed by atoms with van der Waals surface area (Å²) >= 11 is 0. The van der Waals surface area contributed by atoms with Crippen molar-refractivity contribution in [3.8, 4) is 0 Å². The molecule has 0 saturated carbocycles. The summed E-state index contributed by atoms with van der Waals surface area (Å²) in [7, 11) is -0.788. The van der Waals surface area contributed by atoms with Gasteiger partial charge in [-0.2, -0.15) is 0 Å². The van der Waals surface area contributed by atoms with Crippen molar-refractivity contribution in [2.45, 2.75) is 105 Å². The molecule has 222 valence electrons. The van der Waals surface area contributed by atoms with Crippen molar-refractivity contribution in [1.29, 1.82) is 0 Å². The fourth-order valence-corrected chi connectivity index (χ4v) is 5.97. The lowest BCUT2D eigenvalue weighted by atomic mass is 9.84. The number of methoxy groups -OCH3 is 1. The van der Waals surface area contributed by atoms with Crippen LogP contribution in [0.1, 0.15) is 82.6 Å². The van der Waals surface area contributed by atoms with Crippen LogP contribution in [-0.4, -0.2) is 85.7 Å². The largest absolute Gasteiger partial charge is 0.467 e. The van der Waals surface area contributed by atoms with Crippen LogP contribution in [0.25, 0.3) is 0 Å². The zero-order chi connectivity index (χ0) is 30.0. The maximum Gasteiger partial charge on any atom is 0.328 e. The van der Waals surface area contributed by atoms with Crippen LogP contribution < -0.4 is 10.6 Å². The van der Waals surface area contributed by atoms with Gasteiger partial charge in [0.2, 0.25) is 15.9 Å². The van der Waals surface area contributed by atoms with Crippen LogP contribution in [0.2, 0.25) is 0 Å². The molecule has 38 heavy (non-hydrogen) atoms. The van der Waals surface area contributed by atoms with Gasteiger partial charge in [-0.25, -0.2) is 22.3 Å². The number of rotatable bonds is 8. The van der Waals surface area contributed by atoms with Gasteiger partial charge in [-0.1, -0.05) is 55.4 Å². The van der Waals surface area contributed by atoms with Gasteiger partial charge in [0.15, 0.2) is 0 Å². The minimum absolute atomic E-state index is 0.0357. The maximum atomic E-state index is 13.8. The number of sulfonamides is 1. The number of likely N-dealkylation sites (N-methyl/N-ethyl adjacent to an activating group) is 1. The first kappa shape index (κ1) is 34.1. The zero-order valence-electron chi connectivity index (χ0n) is 25.8. The molecule has 4 atom stereocenters. The third kappa shape index (κ3) is 8.07. The number of hydrogen-bond acceptors (Lipinski definition) is 6. The van der Waals surface area contributed by atoms with Crippen LogP contribution in [0, 0.1) is 22.7 Å². The number of hydrogen-bond donors (Lipinski definition) is 2. The summed E-state index contributed by atoms with van der Waals surface area (Å²) in [5.41, 5.74) is -1.13. The molecule has 0 aromatic carbocycles. The molecule has 1 saturated heterocycles. The van der Waals surface area contributed by atoms with Crippen molar-refractivity contribution < 1.29 is 27.5 Å². The molecule has 3 amide bonds. The molecule has 1 fully saturated rings. The second-order valence-corrected chi connectivity index (χ2v) is 16.7. The molecule has 0 aromatic rings. The van der Waals surface area contributed by atoms with Gasteiger partial charge in [-0.05, 0) is 49.9 Å². The van der Waals surface area contributed by atoms with E-state index in [9.17, 15) is 22.8 Å². The Bertz CT molecular complexity index is 960. The van der Waals surface area contributed by atoms with Crippen molar-refractivity contribution in [2.75, 3.05) is 27.2 Å². The quantitative estimate of drug-likeness (QED) is 0.439. The van der Waals surface area contributed by atoms with Crippen LogP contribution >= 0.6 is 0 Å². The van der Waals surface area contributed by atoms with Crippen LogP contribution in [0.15, 0.2) is 0 Å². The Labute approximate surface area is 230 Å². The molecule has 0 aromatic heterocycles. The molecule has 2 N–H and O–H groups in total. The Hall–Kier alpha value is -1.88. The minimum Gasteiger partial charge on any atom is -0.467 e. The highest BCUT2D eigenvalue weighted by molar-refractivity contribution is 7.90. The van der Waals surface area contributed by atoms with Gasteiger partial charge in [0.05, 0.1) is 11.9 Å². The number of urea groups is 1. The fourth-order valence-electron chi connectivity index (χ4n) is 4.69. The van der Waals surface area contributed by atoms with E-state index in [-0.39, 0.29) is 24.3 Å². The van der Waals surface area contributed by atoms with E-state index in [1.54, 1.807) is 20.8 Å². The van der Waals surface area contributed by atoms with Gasteiger partial charge in [0.25, 0.3) is 0 Å². The first-order valence-corrected chi connectivity index (χ1v) is 14.8. The summed E-state index contributed by atoms with van der Waals surface area (Å²) in [6.45, 7) is 20.7. The zero-order valence-corrected chi connectivity index (χ0v) is 26.6. The summed E-state index contributed by atoms with van der Waals surface area (Å²) in [4.78, 5) is 41.3. The van der Waals surface area contributed by atoms with Gasteiger partial charge in [0, 0.05) is 26.2 Å². The maximum absolute atomic E-state index is 13.8. The molecule has 0 spiro atoms. The van der Waals surface area contributed by atoms with Crippen molar-refractivity contribution in [1.82, 2.24) is 19.8 Å². The molecule has 10 nitrogen and oxygen atoms in total. The average molecular weight is 561 g/mol. The van der Waals surface area contributed by atoms with E-state index in [4.69, 9.17) is 4.74 Å². The Morgan fingerprint density at radius 3 is 1.89 bits per heavy atom. The fraction of sp³-hybridized carbons (Fsp3) is 0.889. The molecule has 1 aliphatic heterocycles. The van der Waals surface area contributed by atoms with Crippen molar-refractivity contribution in [3.63, 3.8) is 0 Å². The summed E-state index contributed by atoms with van der Waals surface area (Å²) in [6.07, 6.45) is 0.674. The molecule has 1 heterocycles. The third-order valence-electron chi connectivity index (χ3n) is 7.39. The van der Waals surface area contributed by atoms with Crippen LogP contribution in [0.4, 0.5) is 4.79 Å². The molecule has 11 heteroatoms. The highest BCUT2D eigenvalue weighted by Gasteiger charge is 2.47. The number of nitrogens with zero attached hydrogens (tertiary/aromatic N) is 2. The monoisotopic (exact) mass is 560 g/mol. The molecule has 1 aliphatic rings. The number of esters is 1. The van der Waals surface area contributed by atoms with Crippen molar-refractivity contribution >= 4 is 27.9 Å². The van der Waals surface area contributed by atoms with E-state index in [2.05, 4.69) is 10.6 Å². The first-order chi connectivity index (χ1) is 17.0. The molecule has 0 unspecified atom stereocenters. The molecule has 0 bridgehead atoms. The number of carbonyl (C=O) groups is 3. The molecule has 1 rings (SSSR count). The second-order valence-electron chi connectivity index (χ2n) is 13.9. The Balaban J connectivity index is 3.21. The summed E-state index contributed by atoms with van der Waals surface area (Å²) in [5, 5.41) is 5.75. The lowest BCUT2D eigenvalue weighted by Gasteiger charge is -2.38. The smallest absolute Gasteiger partial charge is 0.328 e.